The molecule has 176 valence electrons. The van der Waals surface area contributed by atoms with Crippen molar-refractivity contribution in [1.82, 2.24) is 0 Å². The highest BCUT2D eigenvalue weighted by Crippen LogP contribution is 2.11. The monoisotopic (exact) mass is 441 g/mol. The molecule has 9 N–H and O–H groups in total. The fourth-order valence-electron chi connectivity index (χ4n) is 0.442. The quantitative estimate of drug-likeness (QED) is 0.207. The molecule has 0 aliphatic heterocycles. The second-order valence-electron chi connectivity index (χ2n) is 4.51. The summed E-state index contributed by atoms with van der Waals surface area (Å²) in [5.41, 5.74) is 3.43. The van der Waals surface area contributed by atoms with Gasteiger partial charge in [-0.15, -0.1) is 0 Å². The number of hydrogen-bond donors (Lipinski definition) is 8. The van der Waals surface area contributed by atoms with Gasteiger partial charge < -0.3 is 46.2 Å². The summed E-state index contributed by atoms with van der Waals surface area (Å²) in [5, 5.41) is 56.8. The van der Waals surface area contributed by atoms with Crippen molar-refractivity contribution in [3.05, 3.63) is 38.0 Å². The zero-order valence-electron chi connectivity index (χ0n) is 16.6. The third-order valence-corrected chi connectivity index (χ3v) is 2.15. The third-order valence-electron chi connectivity index (χ3n) is 2.15. The predicted molar refractivity (Wildman–Crippen MR) is 105 cm³/mol. The Morgan fingerprint density at radius 3 is 0.967 bits per heavy atom. The average molecular weight is 441 g/mol. The van der Waals surface area contributed by atoms with Crippen LogP contribution in [0.4, 0.5) is 4.79 Å². The van der Waals surface area contributed by atoms with Gasteiger partial charge in [0, 0.05) is 18.2 Å². The average Bonchev–Trinajstić information content (AvgIpc) is 2.71. The molecule has 13 heteroatoms. The molecular formula is C17H31NO12. The number of aliphatic hydroxyl groups is 4. The van der Waals surface area contributed by atoms with Crippen molar-refractivity contribution >= 4 is 24.0 Å². The topological polar surface area (TPSA) is 245 Å². The highest BCUT2D eigenvalue weighted by molar-refractivity contribution is 5.79. The predicted octanol–water partition coefficient (Wildman–Crippen LogP) is -1.19. The van der Waals surface area contributed by atoms with Crippen molar-refractivity contribution in [2.45, 2.75) is 6.92 Å². The van der Waals surface area contributed by atoms with Crippen LogP contribution in [0.2, 0.25) is 0 Å². The highest BCUT2D eigenvalue weighted by atomic mass is 16.5. The first-order chi connectivity index (χ1) is 13.8. The smallest absolute Gasteiger partial charge is 0.404 e. The Bertz CT molecular complexity index is 441. The Kier molecular flexibility index (Phi) is 34.9. The first kappa shape index (κ1) is 37.5. The molecule has 0 radical (unpaired) electrons. The van der Waals surface area contributed by atoms with Gasteiger partial charge in [-0.3, -0.25) is 0 Å². The Morgan fingerprint density at radius 1 is 0.767 bits per heavy atom. The number of rotatable bonds is 8. The molecule has 0 atom stereocenters. The largest absolute Gasteiger partial charge is 0.478 e. The van der Waals surface area contributed by atoms with Crippen LogP contribution in [0.25, 0.3) is 0 Å². The van der Waals surface area contributed by atoms with E-state index in [0.717, 1.165) is 18.2 Å². The molecule has 13 nitrogen and oxygen atoms in total. The zero-order valence-corrected chi connectivity index (χ0v) is 16.6. The number of aliphatic carboxylic acids is 3. The van der Waals surface area contributed by atoms with E-state index in [4.69, 9.17) is 35.7 Å². The first-order valence-corrected chi connectivity index (χ1v) is 7.75. The summed E-state index contributed by atoms with van der Waals surface area (Å²) >= 11 is 0. The number of aliphatic hydroxyl groups excluding tert-OH is 4. The molecule has 0 aromatic rings. The maximum Gasteiger partial charge on any atom is 0.404 e. The summed E-state index contributed by atoms with van der Waals surface area (Å²) < 4.78 is 4.18. The maximum atomic E-state index is 9.60. The van der Waals surface area contributed by atoms with Crippen LogP contribution < -0.4 is 5.73 Å². The second kappa shape index (κ2) is 28.0. The number of ether oxygens (including phenoxy) is 1. The van der Waals surface area contributed by atoms with Gasteiger partial charge in [0.05, 0.1) is 38.4 Å². The SMILES string of the molecule is C=CC(=O)O.C=CC(=O)O.C=CC(=O)O.CCOC(N)=O.OCC(CO)(CO)CO. The van der Waals surface area contributed by atoms with Crippen molar-refractivity contribution < 1.29 is 59.7 Å². The number of amides is 1. The summed E-state index contributed by atoms with van der Waals surface area (Å²) in [5.74, 6) is -2.94. The van der Waals surface area contributed by atoms with Crippen LogP contribution in [0.1, 0.15) is 6.92 Å². The molecule has 1 amide bonds. The van der Waals surface area contributed by atoms with Crippen LogP contribution in [0.5, 0.6) is 0 Å². The molecule has 0 spiro atoms. The van der Waals surface area contributed by atoms with Crippen molar-refractivity contribution in [3.8, 4) is 0 Å². The summed E-state index contributed by atoms with van der Waals surface area (Å²) in [6.07, 6.45) is 1.79. The first-order valence-electron chi connectivity index (χ1n) is 7.75. The van der Waals surface area contributed by atoms with E-state index < -0.39 is 55.8 Å². The van der Waals surface area contributed by atoms with Crippen LogP contribution >= 0.6 is 0 Å². The van der Waals surface area contributed by atoms with Gasteiger partial charge in [0.25, 0.3) is 0 Å². The number of nitrogens with two attached hydrogens (primary N) is 1. The van der Waals surface area contributed by atoms with E-state index in [9.17, 15) is 19.2 Å². The van der Waals surface area contributed by atoms with Crippen molar-refractivity contribution in [2.75, 3.05) is 33.0 Å². The molecule has 0 saturated carbocycles. The van der Waals surface area contributed by atoms with Gasteiger partial charge in [0.15, 0.2) is 0 Å². The van der Waals surface area contributed by atoms with Gasteiger partial charge in [-0.25, -0.2) is 19.2 Å². The Balaban J connectivity index is -0.0000000891. The summed E-state index contributed by atoms with van der Waals surface area (Å²) in [7, 11) is 0. The number of hydrogen-bond acceptors (Lipinski definition) is 9. The molecule has 0 saturated heterocycles. The van der Waals surface area contributed by atoms with E-state index in [1.54, 1.807) is 6.92 Å². The minimum atomic E-state index is -1.11. The van der Waals surface area contributed by atoms with Crippen LogP contribution in [0.15, 0.2) is 38.0 Å². The molecule has 0 heterocycles. The molecular weight excluding hydrogens is 410 g/mol. The molecule has 0 aliphatic carbocycles. The Labute approximate surface area is 173 Å². The van der Waals surface area contributed by atoms with Crippen LogP contribution in [-0.4, -0.2) is 92.8 Å². The van der Waals surface area contributed by atoms with Crippen molar-refractivity contribution in [1.29, 1.82) is 0 Å². The van der Waals surface area contributed by atoms with Crippen molar-refractivity contribution in [2.24, 2.45) is 11.1 Å². The van der Waals surface area contributed by atoms with Crippen LogP contribution in [0, 0.1) is 5.41 Å². The lowest BCUT2D eigenvalue weighted by atomic mass is 9.93. The van der Waals surface area contributed by atoms with E-state index >= 15 is 0 Å². The van der Waals surface area contributed by atoms with E-state index in [0.29, 0.717) is 6.61 Å². The molecule has 0 aromatic carbocycles. The number of primary amides is 1. The van der Waals surface area contributed by atoms with Crippen LogP contribution in [-0.2, 0) is 19.1 Å². The Morgan fingerprint density at radius 2 is 0.967 bits per heavy atom. The molecule has 0 fully saturated rings. The molecule has 0 unspecified atom stereocenters. The minimum absolute atomic E-state index is 0.356. The molecule has 0 rings (SSSR count). The molecule has 30 heavy (non-hydrogen) atoms. The van der Waals surface area contributed by atoms with E-state index in [2.05, 4.69) is 30.2 Å². The third kappa shape index (κ3) is 44.3. The maximum absolute atomic E-state index is 9.60. The number of carboxylic acids is 3. The number of carboxylic acid groups (broad SMARTS) is 3. The Hall–Kier alpha value is -3.26. The second-order valence-corrected chi connectivity index (χ2v) is 4.51. The minimum Gasteiger partial charge on any atom is -0.478 e. The number of carbonyl (C=O) groups is 4. The lowest BCUT2D eigenvalue weighted by Gasteiger charge is -2.23. The van der Waals surface area contributed by atoms with Crippen LogP contribution in [0.3, 0.4) is 0 Å². The fraction of sp³-hybridized carbons (Fsp3) is 0.412. The lowest BCUT2D eigenvalue weighted by molar-refractivity contribution is -0.132. The standard InChI is InChI=1S/C5H12O4.C3H7NO2.3C3H4O2/c6-1-5(2-7,3-8)4-9;1-2-6-3(4)5;3*1-2-3(4)5/h6-9H,1-4H2;2H2,1H3,(H2,4,5);3*2H,1H2,(H,4,5). The van der Waals surface area contributed by atoms with Gasteiger partial charge in [-0.1, -0.05) is 19.7 Å². The summed E-state index contributed by atoms with van der Waals surface area (Å²) in [4.78, 5) is 37.3. The lowest BCUT2D eigenvalue weighted by Crippen LogP contribution is -2.37. The summed E-state index contributed by atoms with van der Waals surface area (Å²) in [6, 6.07) is 0. The molecule has 0 aromatic heterocycles. The molecule has 0 bridgehead atoms. The van der Waals surface area contributed by atoms with E-state index in [-0.39, 0.29) is 0 Å². The highest BCUT2D eigenvalue weighted by Gasteiger charge is 2.26. The van der Waals surface area contributed by atoms with Gasteiger partial charge in [0.2, 0.25) is 0 Å². The van der Waals surface area contributed by atoms with Gasteiger partial charge in [-0.05, 0) is 6.92 Å². The number of carbonyl (C=O) groups excluding carboxylic acids is 1. The fourth-order valence-corrected chi connectivity index (χ4v) is 0.442. The molecule has 0 aliphatic rings. The van der Waals surface area contributed by atoms with Gasteiger partial charge in [0.1, 0.15) is 0 Å². The van der Waals surface area contributed by atoms with Gasteiger partial charge >= 0.3 is 24.0 Å². The van der Waals surface area contributed by atoms with Crippen molar-refractivity contribution in [3.63, 3.8) is 0 Å². The summed E-state index contributed by atoms with van der Waals surface area (Å²) in [6.45, 7) is 9.31. The van der Waals surface area contributed by atoms with E-state index in [1.165, 1.54) is 0 Å². The van der Waals surface area contributed by atoms with E-state index in [1.807, 2.05) is 0 Å². The zero-order chi connectivity index (χ0) is 25.2. The van der Waals surface area contributed by atoms with Gasteiger partial charge in [-0.2, -0.15) is 0 Å². The normalized spacial score (nSPS) is 8.30.